The van der Waals surface area contributed by atoms with Crippen LogP contribution in [0.1, 0.15) is 18.4 Å². The second-order valence-electron chi connectivity index (χ2n) is 5.81. The molecule has 0 saturated carbocycles. The molecule has 0 aliphatic carbocycles. The quantitative estimate of drug-likeness (QED) is 0.606. The maximum absolute atomic E-state index is 9.06. The average molecular weight is 310 g/mol. The highest BCUT2D eigenvalue weighted by Crippen LogP contribution is 2.18. The van der Waals surface area contributed by atoms with Crippen molar-refractivity contribution in [3.8, 4) is 0 Å². The third-order valence-corrected chi connectivity index (χ3v) is 4.48. The van der Waals surface area contributed by atoms with E-state index in [1.807, 2.05) is 18.6 Å². The molecule has 2 heterocycles. The van der Waals surface area contributed by atoms with Crippen LogP contribution in [0, 0.1) is 5.92 Å². The second-order valence-corrected chi connectivity index (χ2v) is 6.58. The molecule has 1 N–H and O–H groups in total. The van der Waals surface area contributed by atoms with E-state index in [-0.39, 0.29) is 6.61 Å². The Morgan fingerprint density at radius 3 is 2.86 bits per heavy atom. The van der Waals surface area contributed by atoms with Gasteiger partial charge < -0.3 is 14.9 Å². The van der Waals surface area contributed by atoms with E-state index in [2.05, 4.69) is 26.8 Å². The van der Waals surface area contributed by atoms with Crippen LogP contribution >= 0.6 is 11.8 Å². The molecule has 1 unspecified atom stereocenters. The Morgan fingerprint density at radius 1 is 1.43 bits per heavy atom. The van der Waals surface area contributed by atoms with E-state index in [0.29, 0.717) is 5.92 Å². The van der Waals surface area contributed by atoms with Crippen LogP contribution in [0.2, 0.25) is 0 Å². The van der Waals surface area contributed by atoms with E-state index < -0.39 is 0 Å². The molecule has 1 atom stereocenters. The molecule has 21 heavy (non-hydrogen) atoms. The number of rotatable bonds is 7. The first-order chi connectivity index (χ1) is 10.2. The summed E-state index contributed by atoms with van der Waals surface area (Å²) in [5, 5.41) is 9.88. The van der Waals surface area contributed by atoms with E-state index >= 15 is 0 Å². The van der Waals surface area contributed by atoms with Crippen molar-refractivity contribution in [1.29, 1.82) is 0 Å². The highest BCUT2D eigenvalue weighted by molar-refractivity contribution is 7.98. The third kappa shape index (κ3) is 5.54. The third-order valence-electron chi connectivity index (χ3n) is 3.91. The summed E-state index contributed by atoms with van der Waals surface area (Å²) < 4.78 is 0. The monoisotopic (exact) mass is 310 g/mol. The topological polar surface area (TPSA) is 52.5 Å². The number of likely N-dealkylation sites (tertiary alicyclic amines) is 1. The Kier molecular flexibility index (Phi) is 6.89. The largest absolute Gasteiger partial charge is 0.395 e. The number of thioether (sulfide) groups is 1. The van der Waals surface area contributed by atoms with E-state index in [4.69, 9.17) is 5.11 Å². The zero-order chi connectivity index (χ0) is 15.1. The smallest absolute Gasteiger partial charge is 0.187 e. The summed E-state index contributed by atoms with van der Waals surface area (Å²) in [6, 6.07) is 0. The van der Waals surface area contributed by atoms with Gasteiger partial charge in [-0.05, 0) is 38.6 Å². The van der Waals surface area contributed by atoms with Gasteiger partial charge in [-0.2, -0.15) is 0 Å². The van der Waals surface area contributed by atoms with Crippen molar-refractivity contribution in [2.75, 3.05) is 46.1 Å². The van der Waals surface area contributed by atoms with Gasteiger partial charge >= 0.3 is 0 Å². The van der Waals surface area contributed by atoms with E-state index in [1.54, 1.807) is 11.8 Å². The summed E-state index contributed by atoms with van der Waals surface area (Å²) >= 11 is 1.57. The van der Waals surface area contributed by atoms with E-state index in [1.165, 1.54) is 18.4 Å². The molecule has 0 bridgehead atoms. The van der Waals surface area contributed by atoms with Gasteiger partial charge in [-0.3, -0.25) is 0 Å². The van der Waals surface area contributed by atoms with Crippen molar-refractivity contribution < 1.29 is 5.11 Å². The summed E-state index contributed by atoms with van der Waals surface area (Å²) in [5.74, 6) is 0.696. The summed E-state index contributed by atoms with van der Waals surface area (Å²) in [7, 11) is 2.16. The van der Waals surface area contributed by atoms with Crippen LogP contribution in [0.25, 0.3) is 0 Å². The van der Waals surface area contributed by atoms with Gasteiger partial charge in [0.1, 0.15) is 0 Å². The van der Waals surface area contributed by atoms with E-state index in [9.17, 15) is 0 Å². The number of β-amino-alcohol motifs (C(OH)–C–C–N with tert-alkyl or cyclic N) is 1. The van der Waals surface area contributed by atoms with E-state index in [0.717, 1.165) is 37.9 Å². The molecule has 5 nitrogen and oxygen atoms in total. The second kappa shape index (κ2) is 8.68. The van der Waals surface area contributed by atoms with Gasteiger partial charge in [-0.1, -0.05) is 11.8 Å². The van der Waals surface area contributed by atoms with Crippen molar-refractivity contribution >= 4 is 11.8 Å². The van der Waals surface area contributed by atoms with Crippen molar-refractivity contribution in [2.24, 2.45) is 5.92 Å². The Morgan fingerprint density at radius 2 is 2.19 bits per heavy atom. The van der Waals surface area contributed by atoms with Gasteiger partial charge in [0, 0.05) is 44.1 Å². The van der Waals surface area contributed by atoms with Gasteiger partial charge in [0.25, 0.3) is 0 Å². The average Bonchev–Trinajstić information content (AvgIpc) is 2.48. The summed E-state index contributed by atoms with van der Waals surface area (Å²) in [5.41, 5.74) is 1.17. The molecule has 1 aromatic heterocycles. The number of aliphatic hydroxyl groups is 1. The predicted octanol–water partition coefficient (Wildman–Crippen LogP) is 1.33. The van der Waals surface area contributed by atoms with Gasteiger partial charge in [-0.25, -0.2) is 9.97 Å². The first-order valence-corrected chi connectivity index (χ1v) is 8.80. The van der Waals surface area contributed by atoms with Crippen LogP contribution in [0.15, 0.2) is 17.6 Å². The van der Waals surface area contributed by atoms with Crippen molar-refractivity contribution in [1.82, 2.24) is 19.8 Å². The fourth-order valence-corrected chi connectivity index (χ4v) is 3.31. The van der Waals surface area contributed by atoms with Crippen LogP contribution in [-0.2, 0) is 6.54 Å². The minimum atomic E-state index is 0.266. The highest BCUT2D eigenvalue weighted by atomic mass is 32.2. The molecule has 0 amide bonds. The molecule has 1 aromatic rings. The van der Waals surface area contributed by atoms with Gasteiger partial charge in [0.2, 0.25) is 0 Å². The summed E-state index contributed by atoms with van der Waals surface area (Å²) in [6.07, 6.45) is 8.36. The minimum absolute atomic E-state index is 0.266. The zero-order valence-corrected chi connectivity index (χ0v) is 13.8. The lowest BCUT2D eigenvalue weighted by Crippen LogP contribution is -2.41. The molecule has 0 aromatic carbocycles. The molecular formula is C15H26N4OS. The van der Waals surface area contributed by atoms with Gasteiger partial charge in [-0.15, -0.1) is 0 Å². The van der Waals surface area contributed by atoms with Crippen LogP contribution in [0.3, 0.4) is 0 Å². The molecule has 6 heteroatoms. The Labute approximate surface area is 131 Å². The minimum Gasteiger partial charge on any atom is -0.395 e. The van der Waals surface area contributed by atoms with Gasteiger partial charge in [0.15, 0.2) is 5.16 Å². The molecule has 1 aliphatic heterocycles. The van der Waals surface area contributed by atoms with Crippen molar-refractivity contribution in [3.63, 3.8) is 0 Å². The number of hydrogen-bond donors (Lipinski definition) is 1. The molecule has 0 radical (unpaired) electrons. The number of hydrogen-bond acceptors (Lipinski definition) is 6. The molecule has 1 fully saturated rings. The SMILES string of the molecule is CSc1ncc(CN(C)CC2CCCN(CCO)C2)cn1. The Bertz CT molecular complexity index is 413. The maximum Gasteiger partial charge on any atom is 0.187 e. The van der Waals surface area contributed by atoms with Crippen LogP contribution in [0.5, 0.6) is 0 Å². The number of aromatic nitrogens is 2. The number of piperidine rings is 1. The predicted molar refractivity (Wildman–Crippen MR) is 86.4 cm³/mol. The standard InChI is InChI=1S/C15H26N4OS/c1-18(11-14-8-16-15(21-2)17-9-14)10-13-4-3-5-19(12-13)6-7-20/h8-9,13,20H,3-7,10-12H2,1-2H3. The normalized spacial score (nSPS) is 20.1. The van der Waals surface area contributed by atoms with Crippen LogP contribution in [-0.4, -0.2) is 71.0 Å². The zero-order valence-electron chi connectivity index (χ0n) is 13.0. The van der Waals surface area contributed by atoms with Crippen molar-refractivity contribution in [3.05, 3.63) is 18.0 Å². The number of nitrogens with zero attached hydrogens (tertiary/aromatic N) is 4. The first-order valence-electron chi connectivity index (χ1n) is 7.58. The number of aliphatic hydroxyl groups excluding tert-OH is 1. The van der Waals surface area contributed by atoms with Gasteiger partial charge in [0.05, 0.1) is 6.61 Å². The maximum atomic E-state index is 9.06. The fraction of sp³-hybridized carbons (Fsp3) is 0.733. The van der Waals surface area contributed by atoms with Crippen LogP contribution in [0.4, 0.5) is 0 Å². The van der Waals surface area contributed by atoms with Crippen LogP contribution < -0.4 is 0 Å². The summed E-state index contributed by atoms with van der Waals surface area (Å²) in [6.45, 7) is 5.29. The molecule has 118 valence electrons. The molecular weight excluding hydrogens is 284 g/mol. The lowest BCUT2D eigenvalue weighted by atomic mass is 9.97. The lowest BCUT2D eigenvalue weighted by molar-refractivity contribution is 0.119. The lowest BCUT2D eigenvalue weighted by Gasteiger charge is -2.34. The highest BCUT2D eigenvalue weighted by Gasteiger charge is 2.20. The molecule has 0 spiro atoms. The Balaban J connectivity index is 1.78. The molecule has 2 rings (SSSR count). The van der Waals surface area contributed by atoms with Crippen molar-refractivity contribution in [2.45, 2.75) is 24.5 Å². The summed E-state index contributed by atoms with van der Waals surface area (Å²) in [4.78, 5) is 13.4. The molecule has 1 aliphatic rings. The Hall–Kier alpha value is -0.690. The fourth-order valence-electron chi connectivity index (χ4n) is 2.99. The molecule has 1 saturated heterocycles. The first kappa shape index (κ1) is 16.7.